The van der Waals surface area contributed by atoms with Gasteiger partial charge in [-0.2, -0.15) is 21.6 Å². The average molecular weight is 343 g/mol. The number of pyridine rings is 1. The lowest BCUT2D eigenvalue weighted by atomic mass is 9.82. The molecule has 0 unspecified atom stereocenters. The molecule has 0 aliphatic rings. The first kappa shape index (κ1) is 17.9. The van der Waals surface area contributed by atoms with E-state index >= 15 is 0 Å². The number of rotatable bonds is 4. The van der Waals surface area contributed by atoms with Gasteiger partial charge in [0.1, 0.15) is 0 Å². The van der Waals surface area contributed by atoms with Crippen LogP contribution in [0.1, 0.15) is 0 Å². The molecule has 0 aliphatic carbocycles. The molecule has 0 aromatic carbocycles. The summed E-state index contributed by atoms with van der Waals surface area (Å²) in [5.74, 6) is -0.698. The molecule has 0 saturated carbocycles. The lowest BCUT2D eigenvalue weighted by Crippen LogP contribution is -2.44. The van der Waals surface area contributed by atoms with Crippen molar-refractivity contribution < 1.29 is 35.8 Å². The van der Waals surface area contributed by atoms with Crippen LogP contribution < -0.4 is 14.8 Å². The van der Waals surface area contributed by atoms with Crippen LogP contribution in [0.5, 0.6) is 5.88 Å². The van der Waals surface area contributed by atoms with Gasteiger partial charge in [0.15, 0.2) is 0 Å². The van der Waals surface area contributed by atoms with Crippen molar-refractivity contribution in [1.82, 2.24) is 4.98 Å². The Bertz CT molecular complexity index is 629. The Hall–Kier alpha value is -1.11. The van der Waals surface area contributed by atoms with E-state index in [1.807, 2.05) is 0 Å². The van der Waals surface area contributed by atoms with E-state index in [4.69, 9.17) is 10.0 Å². The standard InChI is InChI=1S/C9H13BF3NO5SSi/c1-21(2,3)7-4-6(10(15)16)5-14-8(7)19-20(17,18)9(11,12)13/h4-5,15-16H,1-3H3. The molecule has 21 heavy (non-hydrogen) atoms. The molecule has 1 heterocycles. The molecular weight excluding hydrogens is 330 g/mol. The van der Waals surface area contributed by atoms with Crippen LogP contribution in [0.25, 0.3) is 0 Å². The summed E-state index contributed by atoms with van der Waals surface area (Å²) < 4.78 is 63.2. The first-order chi connectivity index (χ1) is 9.25. The minimum atomic E-state index is -5.83. The summed E-state index contributed by atoms with van der Waals surface area (Å²) in [7, 11) is -10.1. The van der Waals surface area contributed by atoms with Gasteiger partial charge in [-0.1, -0.05) is 25.7 Å². The van der Waals surface area contributed by atoms with Crippen LogP contribution in [0.3, 0.4) is 0 Å². The summed E-state index contributed by atoms with van der Waals surface area (Å²) in [6, 6.07) is 1.19. The first-order valence-electron chi connectivity index (χ1n) is 5.63. The Morgan fingerprint density at radius 2 is 1.81 bits per heavy atom. The summed E-state index contributed by atoms with van der Waals surface area (Å²) in [6.07, 6.45) is 0.843. The maximum atomic E-state index is 12.3. The van der Waals surface area contributed by atoms with E-state index in [-0.39, 0.29) is 10.6 Å². The molecule has 0 amide bonds. The van der Waals surface area contributed by atoms with E-state index in [0.29, 0.717) is 0 Å². The van der Waals surface area contributed by atoms with Gasteiger partial charge in [-0.15, -0.1) is 0 Å². The molecule has 2 N–H and O–H groups in total. The van der Waals surface area contributed by atoms with Crippen molar-refractivity contribution in [2.75, 3.05) is 0 Å². The van der Waals surface area contributed by atoms with Gasteiger partial charge in [0.25, 0.3) is 0 Å². The van der Waals surface area contributed by atoms with Gasteiger partial charge in [-0.25, -0.2) is 4.98 Å². The first-order valence-corrected chi connectivity index (χ1v) is 10.5. The van der Waals surface area contributed by atoms with Crippen LogP contribution in [0.4, 0.5) is 13.2 Å². The summed E-state index contributed by atoms with van der Waals surface area (Å²) in [5.41, 5.74) is -5.63. The van der Waals surface area contributed by atoms with Crippen molar-refractivity contribution >= 4 is 36.0 Å². The van der Waals surface area contributed by atoms with Crippen molar-refractivity contribution in [2.24, 2.45) is 0 Å². The third kappa shape index (κ3) is 4.18. The van der Waals surface area contributed by atoms with Crippen molar-refractivity contribution in [3.05, 3.63) is 12.3 Å². The normalized spacial score (nSPS) is 13.1. The average Bonchev–Trinajstić information content (AvgIpc) is 2.25. The fourth-order valence-corrected chi connectivity index (χ4v) is 3.23. The molecule has 0 fully saturated rings. The van der Waals surface area contributed by atoms with Crippen molar-refractivity contribution in [1.29, 1.82) is 0 Å². The SMILES string of the molecule is C[Si](C)(C)c1cc(B(O)O)cnc1OS(=O)(=O)C(F)(F)F. The van der Waals surface area contributed by atoms with E-state index in [0.717, 1.165) is 6.20 Å². The minimum absolute atomic E-state index is 0.0656. The van der Waals surface area contributed by atoms with Gasteiger partial charge in [0.2, 0.25) is 5.88 Å². The highest BCUT2D eigenvalue weighted by atomic mass is 32.2. The van der Waals surface area contributed by atoms with Crippen LogP contribution in [0.2, 0.25) is 19.6 Å². The number of alkyl halides is 3. The molecule has 12 heteroatoms. The van der Waals surface area contributed by atoms with Crippen molar-refractivity contribution in [3.8, 4) is 5.88 Å². The predicted octanol–water partition coefficient (Wildman–Crippen LogP) is -0.465. The molecule has 0 spiro atoms. The lowest BCUT2D eigenvalue weighted by molar-refractivity contribution is -0.0501. The molecule has 1 aromatic heterocycles. The highest BCUT2D eigenvalue weighted by molar-refractivity contribution is 7.88. The van der Waals surface area contributed by atoms with Gasteiger partial charge < -0.3 is 14.2 Å². The second-order valence-electron chi connectivity index (χ2n) is 5.23. The van der Waals surface area contributed by atoms with Crippen LogP contribution in [0.15, 0.2) is 12.3 Å². The largest absolute Gasteiger partial charge is 0.534 e. The Morgan fingerprint density at radius 3 is 2.19 bits per heavy atom. The molecule has 1 aromatic rings. The second kappa shape index (κ2) is 5.59. The Kier molecular flexibility index (Phi) is 4.78. The zero-order chi connectivity index (χ0) is 16.6. The highest BCUT2D eigenvalue weighted by Gasteiger charge is 2.49. The molecular formula is C9H13BF3NO5SSi. The molecule has 0 radical (unpaired) electrons. The number of hydrogen-bond acceptors (Lipinski definition) is 6. The van der Waals surface area contributed by atoms with Crippen LogP contribution in [-0.2, 0) is 10.1 Å². The number of halogens is 3. The van der Waals surface area contributed by atoms with Gasteiger partial charge in [0, 0.05) is 16.8 Å². The molecule has 6 nitrogen and oxygen atoms in total. The molecule has 118 valence electrons. The number of hydrogen-bond donors (Lipinski definition) is 2. The molecule has 0 saturated heterocycles. The quantitative estimate of drug-likeness (QED) is 0.436. The molecule has 0 bridgehead atoms. The predicted molar refractivity (Wildman–Crippen MR) is 72.6 cm³/mol. The number of aromatic nitrogens is 1. The zero-order valence-corrected chi connectivity index (χ0v) is 13.2. The number of nitrogens with zero attached hydrogens (tertiary/aromatic N) is 1. The van der Waals surface area contributed by atoms with Gasteiger partial charge >= 0.3 is 22.7 Å². The van der Waals surface area contributed by atoms with Gasteiger partial charge in [-0.05, 0) is 0 Å². The van der Waals surface area contributed by atoms with Crippen LogP contribution in [0, 0.1) is 0 Å². The fraction of sp³-hybridized carbons (Fsp3) is 0.444. The van der Waals surface area contributed by atoms with Gasteiger partial charge in [0.05, 0.1) is 8.07 Å². The monoisotopic (exact) mass is 343 g/mol. The summed E-state index contributed by atoms with van der Waals surface area (Å²) in [4.78, 5) is 3.48. The van der Waals surface area contributed by atoms with Crippen molar-refractivity contribution in [2.45, 2.75) is 25.1 Å². The summed E-state index contributed by atoms with van der Waals surface area (Å²) in [5, 5.41) is 18.2. The van der Waals surface area contributed by atoms with E-state index in [2.05, 4.69) is 9.17 Å². The van der Waals surface area contributed by atoms with E-state index in [9.17, 15) is 21.6 Å². The summed E-state index contributed by atoms with van der Waals surface area (Å²) in [6.45, 7) is 5.14. The van der Waals surface area contributed by atoms with Crippen LogP contribution >= 0.6 is 0 Å². The second-order valence-corrected chi connectivity index (χ2v) is 11.8. The topological polar surface area (TPSA) is 96.7 Å². The van der Waals surface area contributed by atoms with Crippen LogP contribution in [-0.4, -0.2) is 44.2 Å². The van der Waals surface area contributed by atoms with E-state index in [1.165, 1.54) is 6.07 Å². The fourth-order valence-electron chi connectivity index (χ4n) is 1.36. The van der Waals surface area contributed by atoms with Gasteiger partial charge in [-0.3, -0.25) is 0 Å². The zero-order valence-electron chi connectivity index (χ0n) is 11.3. The lowest BCUT2D eigenvalue weighted by Gasteiger charge is -2.21. The Balaban J connectivity index is 3.38. The highest BCUT2D eigenvalue weighted by Crippen LogP contribution is 2.26. The van der Waals surface area contributed by atoms with E-state index < -0.39 is 36.7 Å². The molecule has 1 rings (SSSR count). The minimum Gasteiger partial charge on any atom is -0.423 e. The molecule has 0 atom stereocenters. The maximum absolute atomic E-state index is 12.3. The maximum Gasteiger partial charge on any atom is 0.534 e. The third-order valence-corrected chi connectivity index (χ3v) is 5.37. The third-order valence-electron chi connectivity index (χ3n) is 2.45. The Morgan fingerprint density at radius 1 is 1.29 bits per heavy atom. The summed E-state index contributed by atoms with van der Waals surface area (Å²) >= 11 is 0. The van der Waals surface area contributed by atoms with Crippen molar-refractivity contribution in [3.63, 3.8) is 0 Å². The molecule has 0 aliphatic heterocycles. The smallest absolute Gasteiger partial charge is 0.423 e. The van der Waals surface area contributed by atoms with E-state index in [1.54, 1.807) is 19.6 Å². The Labute approximate surface area is 120 Å².